The molecule has 0 heterocycles. The quantitative estimate of drug-likeness (QED) is 0.576. The zero-order valence-corrected chi connectivity index (χ0v) is 9.10. The first-order valence-electron chi connectivity index (χ1n) is 4.66. The van der Waals surface area contributed by atoms with E-state index in [2.05, 4.69) is 15.3 Å². The van der Waals surface area contributed by atoms with E-state index in [9.17, 15) is 8.42 Å². The zero-order chi connectivity index (χ0) is 10.2. The van der Waals surface area contributed by atoms with Gasteiger partial charge in [-0.3, -0.25) is 0 Å². The Morgan fingerprint density at radius 2 is 1.77 bits per heavy atom. The van der Waals surface area contributed by atoms with E-state index < -0.39 is 10.4 Å². The van der Waals surface area contributed by atoms with E-state index in [1.165, 1.54) is 0 Å². The molecule has 0 spiro atoms. The highest BCUT2D eigenvalue weighted by Gasteiger charge is 2.08. The second-order valence-corrected chi connectivity index (χ2v) is 3.99. The maximum absolute atomic E-state index is 10.8. The van der Waals surface area contributed by atoms with E-state index in [1.807, 2.05) is 0 Å². The van der Waals surface area contributed by atoms with Crippen LogP contribution in [-0.4, -0.2) is 21.6 Å². The van der Waals surface area contributed by atoms with Crippen molar-refractivity contribution in [3.63, 3.8) is 0 Å². The average Bonchev–Trinajstić information content (AvgIpc) is 2.04. The van der Waals surface area contributed by atoms with Crippen molar-refractivity contribution in [3.05, 3.63) is 0 Å². The highest BCUT2D eigenvalue weighted by Crippen LogP contribution is 2.02. The molecular formula is C8H19O4S+. The molecule has 0 aliphatic carbocycles. The minimum absolute atomic E-state index is 0. The molecule has 80 valence electrons. The number of rotatable bonds is 8. The summed E-state index contributed by atoms with van der Waals surface area (Å²) in [4.78, 5) is 0. The molecule has 0 saturated heterocycles. The van der Waals surface area contributed by atoms with Crippen molar-refractivity contribution in [1.82, 2.24) is 0 Å². The van der Waals surface area contributed by atoms with Gasteiger partial charge in [-0.05, 0) is 13.3 Å². The molecule has 0 saturated carbocycles. The minimum atomic E-state index is -3.72. The van der Waals surface area contributed by atoms with Crippen LogP contribution in [-0.2, 0) is 18.8 Å². The van der Waals surface area contributed by atoms with Crippen molar-refractivity contribution in [2.75, 3.05) is 13.2 Å². The summed E-state index contributed by atoms with van der Waals surface area (Å²) in [7, 11) is -3.72. The first kappa shape index (κ1) is 12.9. The lowest BCUT2D eigenvalue weighted by Gasteiger charge is -2.03. The van der Waals surface area contributed by atoms with E-state index >= 15 is 0 Å². The fourth-order valence-corrected chi connectivity index (χ4v) is 1.55. The van der Waals surface area contributed by atoms with Crippen LogP contribution in [0.15, 0.2) is 0 Å². The minimum Gasteiger partial charge on any atom is -0.248 e. The standard InChI is InChI=1S/C8H18O4S/c1-3-5-6-7-8-12-13(9,10)11-4-2/h3-8H2,1-2H3/p+1. The number of hydrogen-bond donors (Lipinski definition) is 0. The van der Waals surface area contributed by atoms with Gasteiger partial charge in [-0.1, -0.05) is 26.2 Å². The summed E-state index contributed by atoms with van der Waals surface area (Å²) in [6, 6.07) is 0. The zero-order valence-electron chi connectivity index (χ0n) is 9.28. The lowest BCUT2D eigenvalue weighted by Crippen LogP contribution is -2.10. The Morgan fingerprint density at radius 1 is 1.08 bits per heavy atom. The van der Waals surface area contributed by atoms with Crippen molar-refractivity contribution in [3.8, 4) is 0 Å². The second-order valence-electron chi connectivity index (χ2n) is 2.70. The van der Waals surface area contributed by atoms with Gasteiger partial charge in [0.1, 0.15) is 0 Å². The van der Waals surface area contributed by atoms with Crippen LogP contribution in [0, 0.1) is 0 Å². The van der Waals surface area contributed by atoms with Crippen LogP contribution in [0.2, 0.25) is 0 Å². The van der Waals surface area contributed by atoms with Gasteiger partial charge in [-0.15, -0.1) is 0 Å². The van der Waals surface area contributed by atoms with Gasteiger partial charge in [-0.25, -0.2) is 8.37 Å². The largest absolute Gasteiger partial charge is 1.00 e. The topological polar surface area (TPSA) is 52.6 Å². The molecular weight excluding hydrogens is 192 g/mol. The van der Waals surface area contributed by atoms with Gasteiger partial charge in [0.15, 0.2) is 0 Å². The van der Waals surface area contributed by atoms with Crippen molar-refractivity contribution in [2.24, 2.45) is 0 Å². The van der Waals surface area contributed by atoms with Crippen LogP contribution < -0.4 is 0 Å². The van der Waals surface area contributed by atoms with Gasteiger partial charge in [0.25, 0.3) is 0 Å². The highest BCUT2D eigenvalue weighted by atomic mass is 32.3. The molecule has 0 aliphatic heterocycles. The summed E-state index contributed by atoms with van der Waals surface area (Å²) in [5, 5.41) is 0. The molecule has 0 N–H and O–H groups in total. The van der Waals surface area contributed by atoms with Crippen LogP contribution in [0.25, 0.3) is 0 Å². The Kier molecular flexibility index (Phi) is 7.22. The SMILES string of the molecule is CCCCCCOS(=O)(=O)OCC.[H+]. The molecule has 0 aromatic carbocycles. The van der Waals surface area contributed by atoms with Crippen molar-refractivity contribution in [1.29, 1.82) is 0 Å². The fourth-order valence-electron chi connectivity index (χ4n) is 0.868. The van der Waals surface area contributed by atoms with Crippen LogP contribution in [0.5, 0.6) is 0 Å². The fraction of sp³-hybridized carbons (Fsp3) is 1.00. The van der Waals surface area contributed by atoms with Gasteiger partial charge >= 0.3 is 11.8 Å². The molecule has 0 unspecified atom stereocenters. The Hall–Kier alpha value is -0.130. The van der Waals surface area contributed by atoms with Crippen molar-refractivity contribution in [2.45, 2.75) is 39.5 Å². The molecule has 0 bridgehead atoms. The van der Waals surface area contributed by atoms with Gasteiger partial charge in [-0.2, -0.15) is 8.42 Å². The van der Waals surface area contributed by atoms with E-state index in [1.54, 1.807) is 6.92 Å². The highest BCUT2D eigenvalue weighted by molar-refractivity contribution is 7.81. The predicted molar refractivity (Wildman–Crippen MR) is 51.8 cm³/mol. The van der Waals surface area contributed by atoms with Crippen LogP contribution in [0.1, 0.15) is 41.0 Å². The number of hydrogen-bond acceptors (Lipinski definition) is 4. The Morgan fingerprint density at radius 3 is 2.31 bits per heavy atom. The van der Waals surface area contributed by atoms with E-state index in [-0.39, 0.29) is 14.6 Å². The third kappa shape index (κ3) is 8.21. The smallest absolute Gasteiger partial charge is 0.248 e. The predicted octanol–water partition coefficient (Wildman–Crippen LogP) is 1.98. The molecule has 0 atom stereocenters. The normalized spacial score (nSPS) is 11.8. The van der Waals surface area contributed by atoms with Gasteiger partial charge in [0, 0.05) is 0 Å². The summed E-state index contributed by atoms with van der Waals surface area (Å²) >= 11 is 0. The summed E-state index contributed by atoms with van der Waals surface area (Å²) in [6.07, 6.45) is 3.99. The molecule has 0 rings (SSSR count). The molecule has 0 radical (unpaired) electrons. The van der Waals surface area contributed by atoms with Gasteiger partial charge < -0.3 is 0 Å². The lowest BCUT2D eigenvalue weighted by atomic mass is 10.2. The van der Waals surface area contributed by atoms with E-state index in [0.29, 0.717) is 0 Å². The lowest BCUT2D eigenvalue weighted by molar-refractivity contribution is 0.218. The maximum Gasteiger partial charge on any atom is 1.00 e. The maximum atomic E-state index is 10.8. The van der Waals surface area contributed by atoms with E-state index in [4.69, 9.17) is 0 Å². The summed E-state index contributed by atoms with van der Waals surface area (Å²) in [5.41, 5.74) is 0. The molecule has 0 aliphatic rings. The summed E-state index contributed by atoms with van der Waals surface area (Å²) in [6.45, 7) is 4.05. The monoisotopic (exact) mass is 211 g/mol. The Bertz CT molecular complexity index is 203. The third-order valence-electron chi connectivity index (χ3n) is 1.49. The average molecular weight is 211 g/mol. The third-order valence-corrected chi connectivity index (χ3v) is 2.47. The second kappa shape index (κ2) is 7.29. The summed E-state index contributed by atoms with van der Waals surface area (Å²) < 4.78 is 30.6. The molecule has 0 amide bonds. The van der Waals surface area contributed by atoms with Gasteiger partial charge in [0.05, 0.1) is 13.2 Å². The van der Waals surface area contributed by atoms with Crippen LogP contribution in [0.3, 0.4) is 0 Å². The van der Waals surface area contributed by atoms with Crippen molar-refractivity contribution < 1.29 is 18.2 Å². The molecule has 0 aromatic rings. The number of unbranched alkanes of at least 4 members (excludes halogenated alkanes) is 3. The molecule has 4 nitrogen and oxygen atoms in total. The van der Waals surface area contributed by atoms with Crippen molar-refractivity contribution >= 4 is 10.4 Å². The first-order chi connectivity index (χ1) is 6.12. The van der Waals surface area contributed by atoms with Gasteiger partial charge in [0.2, 0.25) is 0 Å². The Balaban J connectivity index is 0. The van der Waals surface area contributed by atoms with Crippen LogP contribution in [0.4, 0.5) is 0 Å². The summed E-state index contributed by atoms with van der Waals surface area (Å²) in [5.74, 6) is 0. The first-order valence-corrected chi connectivity index (χ1v) is 5.99. The Labute approximate surface area is 82.0 Å². The molecule has 5 heteroatoms. The van der Waals surface area contributed by atoms with Crippen LogP contribution >= 0.6 is 0 Å². The van der Waals surface area contributed by atoms with E-state index in [0.717, 1.165) is 25.7 Å². The molecule has 0 fully saturated rings. The molecule has 0 aromatic heterocycles. The molecule has 13 heavy (non-hydrogen) atoms.